The van der Waals surface area contributed by atoms with E-state index in [-0.39, 0.29) is 12.3 Å². The van der Waals surface area contributed by atoms with Gasteiger partial charge in [0.15, 0.2) is 0 Å². The SMILES string of the molecule is OC(CC1CCC1)C(F)(F)Cl. The summed E-state index contributed by atoms with van der Waals surface area (Å²) in [7, 11) is 0. The molecule has 1 rings (SSSR count). The first-order chi connectivity index (χ1) is 5.00. The molecule has 0 heterocycles. The molecule has 0 spiro atoms. The minimum atomic E-state index is -3.45. The lowest BCUT2D eigenvalue weighted by molar-refractivity contribution is -0.0566. The predicted octanol–water partition coefficient (Wildman–Crippen LogP) is 2.37. The van der Waals surface area contributed by atoms with Gasteiger partial charge in [0.2, 0.25) is 0 Å². The Bertz CT molecular complexity index is 131. The summed E-state index contributed by atoms with van der Waals surface area (Å²) in [5.41, 5.74) is 0. The van der Waals surface area contributed by atoms with Gasteiger partial charge in [-0.05, 0) is 23.9 Å². The van der Waals surface area contributed by atoms with E-state index in [9.17, 15) is 8.78 Å². The molecule has 0 saturated heterocycles. The van der Waals surface area contributed by atoms with Crippen molar-refractivity contribution in [2.75, 3.05) is 0 Å². The van der Waals surface area contributed by atoms with Crippen LogP contribution in [0.2, 0.25) is 0 Å². The molecular weight excluding hydrogens is 174 g/mol. The molecule has 0 aromatic heterocycles. The molecule has 0 amide bonds. The molecule has 11 heavy (non-hydrogen) atoms. The number of halogens is 3. The fraction of sp³-hybridized carbons (Fsp3) is 1.00. The molecule has 0 aromatic rings. The van der Waals surface area contributed by atoms with Crippen molar-refractivity contribution in [2.45, 2.75) is 37.2 Å². The normalized spacial score (nSPS) is 22.9. The minimum absolute atomic E-state index is 0.135. The molecule has 1 aliphatic carbocycles. The second-order valence-corrected chi connectivity index (χ2v) is 3.59. The largest absolute Gasteiger partial charge is 0.385 e. The number of alkyl halides is 3. The first kappa shape index (κ1) is 9.20. The van der Waals surface area contributed by atoms with Gasteiger partial charge in [0.25, 0.3) is 0 Å². The van der Waals surface area contributed by atoms with Crippen LogP contribution >= 0.6 is 11.6 Å². The first-order valence-electron chi connectivity index (χ1n) is 3.75. The van der Waals surface area contributed by atoms with Crippen molar-refractivity contribution in [2.24, 2.45) is 5.92 Å². The van der Waals surface area contributed by atoms with Crippen molar-refractivity contribution in [3.63, 3.8) is 0 Å². The molecule has 1 nitrogen and oxygen atoms in total. The summed E-state index contributed by atoms with van der Waals surface area (Å²) < 4.78 is 24.3. The van der Waals surface area contributed by atoms with Crippen molar-refractivity contribution >= 4 is 11.6 Å². The highest BCUT2D eigenvalue weighted by Gasteiger charge is 2.37. The van der Waals surface area contributed by atoms with Gasteiger partial charge in [-0.25, -0.2) is 0 Å². The number of rotatable bonds is 3. The van der Waals surface area contributed by atoms with E-state index >= 15 is 0 Å². The maximum absolute atomic E-state index is 12.2. The fourth-order valence-corrected chi connectivity index (χ4v) is 1.27. The Morgan fingerprint density at radius 2 is 2.09 bits per heavy atom. The molecular formula is C7H11ClF2O. The summed E-state index contributed by atoms with van der Waals surface area (Å²) in [6, 6.07) is 0. The molecule has 0 bridgehead atoms. The maximum Gasteiger partial charge on any atom is 0.347 e. The van der Waals surface area contributed by atoms with E-state index in [1.807, 2.05) is 0 Å². The monoisotopic (exact) mass is 184 g/mol. The molecule has 1 unspecified atom stereocenters. The van der Waals surface area contributed by atoms with E-state index in [0.29, 0.717) is 0 Å². The van der Waals surface area contributed by atoms with Gasteiger partial charge in [-0.15, -0.1) is 0 Å². The van der Waals surface area contributed by atoms with Crippen molar-refractivity contribution in [1.82, 2.24) is 0 Å². The third-order valence-electron chi connectivity index (χ3n) is 2.16. The van der Waals surface area contributed by atoms with Crippen LogP contribution in [0, 0.1) is 5.92 Å². The van der Waals surface area contributed by atoms with Gasteiger partial charge >= 0.3 is 5.38 Å². The first-order valence-corrected chi connectivity index (χ1v) is 4.12. The van der Waals surface area contributed by atoms with Crippen LogP contribution in [0.15, 0.2) is 0 Å². The number of aliphatic hydroxyl groups is 1. The zero-order valence-corrected chi connectivity index (χ0v) is 6.82. The Hall–Kier alpha value is 0.110. The molecule has 1 N–H and O–H groups in total. The van der Waals surface area contributed by atoms with Crippen molar-refractivity contribution < 1.29 is 13.9 Å². The lowest BCUT2D eigenvalue weighted by Crippen LogP contribution is -2.31. The highest BCUT2D eigenvalue weighted by Crippen LogP contribution is 2.35. The highest BCUT2D eigenvalue weighted by atomic mass is 35.5. The van der Waals surface area contributed by atoms with Crippen LogP contribution in [0.1, 0.15) is 25.7 Å². The van der Waals surface area contributed by atoms with Gasteiger partial charge in [0.1, 0.15) is 6.10 Å². The topological polar surface area (TPSA) is 20.2 Å². The van der Waals surface area contributed by atoms with E-state index in [0.717, 1.165) is 19.3 Å². The van der Waals surface area contributed by atoms with Gasteiger partial charge < -0.3 is 5.11 Å². The molecule has 0 radical (unpaired) electrons. The maximum atomic E-state index is 12.2. The molecule has 0 aromatic carbocycles. The highest BCUT2D eigenvalue weighted by molar-refractivity contribution is 6.22. The van der Waals surface area contributed by atoms with Gasteiger partial charge in [0.05, 0.1) is 0 Å². The molecule has 0 aliphatic heterocycles. The summed E-state index contributed by atoms with van der Waals surface area (Å²) in [6.07, 6.45) is 1.45. The van der Waals surface area contributed by atoms with Crippen LogP contribution in [0.25, 0.3) is 0 Å². The van der Waals surface area contributed by atoms with Crippen LogP contribution in [0.3, 0.4) is 0 Å². The predicted molar refractivity (Wildman–Crippen MR) is 38.8 cm³/mol. The smallest absolute Gasteiger partial charge is 0.347 e. The standard InChI is InChI=1S/C7H11ClF2O/c8-7(9,10)6(11)4-5-2-1-3-5/h5-6,11H,1-4H2. The Morgan fingerprint density at radius 3 is 2.36 bits per heavy atom. The second-order valence-electron chi connectivity index (χ2n) is 3.09. The van der Waals surface area contributed by atoms with Crippen molar-refractivity contribution in [3.05, 3.63) is 0 Å². The van der Waals surface area contributed by atoms with Crippen LogP contribution in [0.4, 0.5) is 8.78 Å². The zero-order valence-electron chi connectivity index (χ0n) is 6.06. The van der Waals surface area contributed by atoms with Crippen molar-refractivity contribution in [3.8, 4) is 0 Å². The molecule has 66 valence electrons. The third-order valence-corrected chi connectivity index (χ3v) is 2.41. The number of aliphatic hydroxyl groups excluding tert-OH is 1. The second kappa shape index (κ2) is 3.23. The van der Waals surface area contributed by atoms with E-state index in [4.69, 9.17) is 5.11 Å². The average Bonchev–Trinajstić information content (AvgIpc) is 1.75. The van der Waals surface area contributed by atoms with Crippen molar-refractivity contribution in [1.29, 1.82) is 0 Å². The molecule has 1 atom stereocenters. The Labute approximate surface area is 69.4 Å². The summed E-state index contributed by atoms with van der Waals surface area (Å²) in [5, 5.41) is 5.39. The average molecular weight is 185 g/mol. The minimum Gasteiger partial charge on any atom is -0.385 e. The van der Waals surface area contributed by atoms with Gasteiger partial charge in [-0.3, -0.25) is 0 Å². The zero-order chi connectivity index (χ0) is 8.48. The van der Waals surface area contributed by atoms with Crippen LogP contribution in [0.5, 0.6) is 0 Å². The summed E-state index contributed by atoms with van der Waals surface area (Å²) >= 11 is 4.63. The fourth-order valence-electron chi connectivity index (χ4n) is 1.18. The lowest BCUT2D eigenvalue weighted by Gasteiger charge is -2.28. The van der Waals surface area contributed by atoms with Crippen LogP contribution in [-0.2, 0) is 0 Å². The van der Waals surface area contributed by atoms with E-state index in [2.05, 4.69) is 11.6 Å². The Kier molecular flexibility index (Phi) is 2.70. The number of hydrogen-bond donors (Lipinski definition) is 1. The molecule has 4 heteroatoms. The van der Waals surface area contributed by atoms with E-state index in [1.165, 1.54) is 0 Å². The van der Waals surface area contributed by atoms with Gasteiger partial charge in [-0.2, -0.15) is 8.78 Å². The number of hydrogen-bond acceptors (Lipinski definition) is 1. The van der Waals surface area contributed by atoms with E-state index in [1.54, 1.807) is 0 Å². The molecule has 1 aliphatic rings. The van der Waals surface area contributed by atoms with Crippen LogP contribution in [-0.4, -0.2) is 16.6 Å². The van der Waals surface area contributed by atoms with Gasteiger partial charge in [-0.1, -0.05) is 19.3 Å². The van der Waals surface area contributed by atoms with Gasteiger partial charge in [0, 0.05) is 0 Å². The summed E-state index contributed by atoms with van der Waals surface area (Å²) in [6.45, 7) is 0. The summed E-state index contributed by atoms with van der Waals surface area (Å²) in [4.78, 5) is 0. The molecule has 1 fully saturated rings. The molecule has 1 saturated carbocycles. The quantitative estimate of drug-likeness (QED) is 0.668. The Balaban J connectivity index is 2.24. The van der Waals surface area contributed by atoms with E-state index < -0.39 is 11.5 Å². The third kappa shape index (κ3) is 2.56. The Morgan fingerprint density at radius 1 is 1.55 bits per heavy atom. The lowest BCUT2D eigenvalue weighted by atomic mass is 9.81. The van der Waals surface area contributed by atoms with Crippen LogP contribution < -0.4 is 0 Å². The summed E-state index contributed by atoms with van der Waals surface area (Å²) in [5.74, 6) is 0.259.